The lowest BCUT2D eigenvalue weighted by Gasteiger charge is -2.18. The van der Waals surface area contributed by atoms with Gasteiger partial charge in [-0.1, -0.05) is 54.6 Å². The van der Waals surface area contributed by atoms with E-state index in [1.807, 2.05) is 36.4 Å². The largest absolute Gasteiger partial charge is 0.323 e. The third kappa shape index (κ3) is 3.18. The molecule has 1 aromatic heterocycles. The van der Waals surface area contributed by atoms with Crippen LogP contribution >= 0.6 is 0 Å². The van der Waals surface area contributed by atoms with Crippen molar-refractivity contribution in [2.24, 2.45) is 0 Å². The third-order valence-corrected chi connectivity index (χ3v) is 5.50. The highest BCUT2D eigenvalue weighted by atomic mass is 19.1. The van der Waals surface area contributed by atoms with Crippen LogP contribution in [0, 0.1) is 5.82 Å². The summed E-state index contributed by atoms with van der Waals surface area (Å²) in [6, 6.07) is 24.7. The van der Waals surface area contributed by atoms with Crippen LogP contribution in [0.3, 0.4) is 0 Å². The van der Waals surface area contributed by atoms with Gasteiger partial charge in [-0.15, -0.1) is 0 Å². The molecule has 0 bridgehead atoms. The summed E-state index contributed by atoms with van der Waals surface area (Å²) in [5.41, 5.74) is 3.47. The molecule has 1 aliphatic rings. The van der Waals surface area contributed by atoms with E-state index in [1.165, 1.54) is 11.6 Å². The maximum absolute atomic E-state index is 14.3. The molecular weight excluding hydrogens is 365 g/mol. The number of aromatic nitrogens is 2. The summed E-state index contributed by atoms with van der Waals surface area (Å²) in [4.78, 5) is 19.1. The summed E-state index contributed by atoms with van der Waals surface area (Å²) < 4.78 is 16.5. The first-order valence-corrected chi connectivity index (χ1v) is 9.74. The molecule has 2 heterocycles. The van der Waals surface area contributed by atoms with Crippen molar-refractivity contribution in [1.29, 1.82) is 0 Å². The number of imidazole rings is 1. The monoisotopic (exact) mass is 385 g/mol. The van der Waals surface area contributed by atoms with Crippen LogP contribution < -0.4 is 4.90 Å². The topological polar surface area (TPSA) is 38.1 Å². The van der Waals surface area contributed by atoms with E-state index in [2.05, 4.69) is 22.8 Å². The second kappa shape index (κ2) is 7.17. The van der Waals surface area contributed by atoms with Crippen molar-refractivity contribution < 1.29 is 9.18 Å². The van der Waals surface area contributed by atoms with Gasteiger partial charge in [0.05, 0.1) is 16.7 Å². The highest BCUT2D eigenvalue weighted by Gasteiger charge is 2.35. The number of fused-ring (bicyclic) bond motifs is 1. The molecular formula is C24H20FN3O. The van der Waals surface area contributed by atoms with Crippen LogP contribution in [0.4, 0.5) is 10.1 Å². The minimum absolute atomic E-state index is 0.0709. The van der Waals surface area contributed by atoms with Crippen molar-refractivity contribution in [2.75, 3.05) is 11.4 Å². The number of halogens is 1. The van der Waals surface area contributed by atoms with Gasteiger partial charge in [0.2, 0.25) is 5.91 Å². The maximum atomic E-state index is 14.3. The molecule has 5 heteroatoms. The van der Waals surface area contributed by atoms with Gasteiger partial charge < -0.3 is 9.47 Å². The highest BCUT2D eigenvalue weighted by molar-refractivity contribution is 5.96. The Balaban J connectivity index is 1.54. The van der Waals surface area contributed by atoms with Gasteiger partial charge in [0.25, 0.3) is 0 Å². The Morgan fingerprint density at radius 2 is 1.66 bits per heavy atom. The Hall–Kier alpha value is -3.47. The average molecular weight is 385 g/mol. The first-order valence-electron chi connectivity index (χ1n) is 9.74. The van der Waals surface area contributed by atoms with Gasteiger partial charge in [-0.25, -0.2) is 9.37 Å². The Morgan fingerprint density at radius 3 is 2.48 bits per heavy atom. The number of para-hydroxylation sites is 3. The second-order valence-electron chi connectivity index (χ2n) is 7.39. The fraction of sp³-hybridized carbons (Fsp3) is 0.167. The van der Waals surface area contributed by atoms with Crippen molar-refractivity contribution in [1.82, 2.24) is 9.55 Å². The van der Waals surface area contributed by atoms with E-state index in [1.54, 1.807) is 23.1 Å². The van der Waals surface area contributed by atoms with E-state index in [0.29, 0.717) is 25.2 Å². The van der Waals surface area contributed by atoms with Crippen LogP contribution in [-0.2, 0) is 11.3 Å². The summed E-state index contributed by atoms with van der Waals surface area (Å²) in [6.45, 7) is 1.11. The van der Waals surface area contributed by atoms with Gasteiger partial charge in [0.15, 0.2) is 0 Å². The van der Waals surface area contributed by atoms with Gasteiger partial charge in [0, 0.05) is 25.4 Å². The third-order valence-electron chi connectivity index (χ3n) is 5.50. The van der Waals surface area contributed by atoms with Crippen molar-refractivity contribution in [2.45, 2.75) is 18.9 Å². The van der Waals surface area contributed by atoms with E-state index in [4.69, 9.17) is 4.98 Å². The predicted molar refractivity (Wildman–Crippen MR) is 111 cm³/mol. The highest BCUT2D eigenvalue weighted by Crippen LogP contribution is 2.34. The second-order valence-corrected chi connectivity index (χ2v) is 7.39. The number of nitrogens with zero attached hydrogens (tertiary/aromatic N) is 3. The molecule has 3 aromatic carbocycles. The fourth-order valence-corrected chi connectivity index (χ4v) is 4.12. The first kappa shape index (κ1) is 17.6. The van der Waals surface area contributed by atoms with Crippen molar-refractivity contribution in [3.8, 4) is 0 Å². The lowest BCUT2D eigenvalue weighted by Crippen LogP contribution is -2.25. The molecule has 144 valence electrons. The summed E-state index contributed by atoms with van der Waals surface area (Å²) in [6.07, 6.45) is 0.326. The number of hydrogen-bond acceptors (Lipinski definition) is 2. The number of amides is 1. The van der Waals surface area contributed by atoms with Crippen LogP contribution in [0.25, 0.3) is 11.0 Å². The molecule has 0 spiro atoms. The molecule has 1 aliphatic heterocycles. The summed E-state index contributed by atoms with van der Waals surface area (Å²) in [5.74, 6) is 0.346. The lowest BCUT2D eigenvalue weighted by atomic mass is 10.1. The standard InChI is InChI=1S/C24H20FN3O/c25-19-10-4-6-12-21(19)27-16-18(14-23(27)29)24-26-20-11-5-7-13-22(20)28(24)15-17-8-2-1-3-9-17/h1-13,18H,14-16H2/t18-/m1/s1. The fourth-order valence-electron chi connectivity index (χ4n) is 4.12. The summed E-state index contributed by atoms with van der Waals surface area (Å²) in [7, 11) is 0. The van der Waals surface area contributed by atoms with Crippen LogP contribution in [0.15, 0.2) is 78.9 Å². The zero-order valence-corrected chi connectivity index (χ0v) is 15.8. The molecule has 1 fully saturated rings. The predicted octanol–water partition coefficient (Wildman–Crippen LogP) is 4.74. The van der Waals surface area contributed by atoms with Gasteiger partial charge in [0.1, 0.15) is 11.6 Å². The smallest absolute Gasteiger partial charge is 0.227 e. The van der Waals surface area contributed by atoms with Gasteiger partial charge in [-0.3, -0.25) is 4.79 Å². The van der Waals surface area contributed by atoms with E-state index in [-0.39, 0.29) is 17.6 Å². The number of carbonyl (C=O) groups is 1. The molecule has 4 nitrogen and oxygen atoms in total. The summed E-state index contributed by atoms with van der Waals surface area (Å²) in [5, 5.41) is 0. The molecule has 1 amide bonds. The maximum Gasteiger partial charge on any atom is 0.227 e. The van der Waals surface area contributed by atoms with E-state index in [9.17, 15) is 9.18 Å². The molecule has 0 aliphatic carbocycles. The summed E-state index contributed by atoms with van der Waals surface area (Å²) >= 11 is 0. The van der Waals surface area contributed by atoms with E-state index >= 15 is 0 Å². The SMILES string of the molecule is O=C1C[C@@H](c2nc3ccccc3n2Cc2ccccc2)CN1c1ccccc1F. The quantitative estimate of drug-likeness (QED) is 0.509. The molecule has 29 heavy (non-hydrogen) atoms. The normalized spacial score (nSPS) is 16.7. The number of rotatable bonds is 4. The van der Waals surface area contributed by atoms with Crippen LogP contribution in [0.2, 0.25) is 0 Å². The number of anilines is 1. The number of benzene rings is 3. The minimum atomic E-state index is -0.376. The Bertz CT molecular complexity index is 1190. The molecule has 0 unspecified atom stereocenters. The van der Waals surface area contributed by atoms with Gasteiger partial charge >= 0.3 is 0 Å². The van der Waals surface area contributed by atoms with Crippen molar-refractivity contribution in [3.05, 3.63) is 96.1 Å². The molecule has 1 atom stereocenters. The Kier molecular flexibility index (Phi) is 4.35. The van der Waals surface area contributed by atoms with Crippen molar-refractivity contribution >= 4 is 22.6 Å². The zero-order valence-electron chi connectivity index (χ0n) is 15.8. The molecule has 0 saturated carbocycles. The molecule has 1 saturated heterocycles. The van der Waals surface area contributed by atoms with E-state index < -0.39 is 0 Å². The van der Waals surface area contributed by atoms with Crippen LogP contribution in [0.5, 0.6) is 0 Å². The van der Waals surface area contributed by atoms with E-state index in [0.717, 1.165) is 16.9 Å². The average Bonchev–Trinajstić information content (AvgIpc) is 3.30. The van der Waals surface area contributed by atoms with Gasteiger partial charge in [-0.05, 0) is 29.8 Å². The molecule has 5 rings (SSSR count). The number of hydrogen-bond donors (Lipinski definition) is 0. The molecule has 0 N–H and O–H groups in total. The van der Waals surface area contributed by atoms with Gasteiger partial charge in [-0.2, -0.15) is 0 Å². The zero-order chi connectivity index (χ0) is 19.8. The molecule has 4 aromatic rings. The Labute approximate surface area is 168 Å². The van der Waals surface area contributed by atoms with Crippen LogP contribution in [0.1, 0.15) is 23.7 Å². The minimum Gasteiger partial charge on any atom is -0.323 e. The van der Waals surface area contributed by atoms with Crippen molar-refractivity contribution in [3.63, 3.8) is 0 Å². The Morgan fingerprint density at radius 1 is 0.931 bits per heavy atom. The lowest BCUT2D eigenvalue weighted by molar-refractivity contribution is -0.117. The molecule has 0 radical (unpaired) electrons. The number of carbonyl (C=O) groups excluding carboxylic acids is 1. The first-order chi connectivity index (χ1) is 14.2. The van der Waals surface area contributed by atoms with Crippen LogP contribution in [-0.4, -0.2) is 22.0 Å².